The summed E-state index contributed by atoms with van der Waals surface area (Å²) in [5.74, 6) is -1.23. The van der Waals surface area contributed by atoms with Crippen molar-refractivity contribution in [1.29, 1.82) is 0 Å². The Morgan fingerprint density at radius 1 is 1.40 bits per heavy atom. The first-order chi connectivity index (χ1) is 9.21. The Morgan fingerprint density at radius 2 is 2.05 bits per heavy atom. The normalized spacial score (nSPS) is 11.3. The van der Waals surface area contributed by atoms with E-state index >= 15 is 0 Å². The van der Waals surface area contributed by atoms with E-state index < -0.39 is 34.9 Å². The number of nitro groups is 1. The number of halogens is 3. The number of nitrogens with zero attached hydrogens (tertiary/aromatic N) is 1. The van der Waals surface area contributed by atoms with Gasteiger partial charge in [-0.25, -0.2) is 4.79 Å². The summed E-state index contributed by atoms with van der Waals surface area (Å²) in [5.41, 5.74) is -1.97. The van der Waals surface area contributed by atoms with E-state index in [4.69, 9.17) is 5.11 Å². The zero-order valence-corrected chi connectivity index (χ0v) is 10.0. The molecular weight excluding hydrogens is 283 g/mol. The van der Waals surface area contributed by atoms with Gasteiger partial charge in [-0.2, -0.15) is 13.2 Å². The number of aliphatic carboxylic acids is 1. The first-order valence-electron chi connectivity index (χ1n) is 5.36. The fourth-order valence-electron chi connectivity index (χ4n) is 1.50. The Labute approximate surface area is 110 Å². The van der Waals surface area contributed by atoms with Gasteiger partial charge in [-0.3, -0.25) is 10.1 Å². The molecule has 0 spiro atoms. The van der Waals surface area contributed by atoms with Crippen LogP contribution in [-0.4, -0.2) is 29.2 Å². The number of carbonyl (C=O) groups is 1. The molecular formula is C11H10F3NO5. The van der Waals surface area contributed by atoms with Crippen LogP contribution in [0.25, 0.3) is 0 Å². The van der Waals surface area contributed by atoms with Gasteiger partial charge in [0, 0.05) is 12.1 Å². The van der Waals surface area contributed by atoms with E-state index in [-0.39, 0.29) is 18.6 Å². The molecule has 0 radical (unpaired) electrons. The molecule has 0 aliphatic heterocycles. The van der Waals surface area contributed by atoms with Crippen molar-refractivity contribution in [2.45, 2.75) is 12.6 Å². The Kier molecular flexibility index (Phi) is 5.03. The van der Waals surface area contributed by atoms with E-state index in [1.165, 1.54) is 0 Å². The molecule has 0 unspecified atom stereocenters. The molecule has 0 saturated carbocycles. The second-order valence-corrected chi connectivity index (χ2v) is 3.79. The molecule has 20 heavy (non-hydrogen) atoms. The van der Waals surface area contributed by atoms with Crippen LogP contribution in [0.1, 0.15) is 11.1 Å². The summed E-state index contributed by atoms with van der Waals surface area (Å²) >= 11 is 0. The third kappa shape index (κ3) is 4.50. The molecule has 9 heteroatoms. The smallest absolute Gasteiger partial charge is 0.416 e. The van der Waals surface area contributed by atoms with Gasteiger partial charge in [0.15, 0.2) is 0 Å². The number of hydrogen-bond acceptors (Lipinski definition) is 4. The van der Waals surface area contributed by atoms with Gasteiger partial charge in [-0.1, -0.05) is 6.07 Å². The third-order valence-corrected chi connectivity index (χ3v) is 2.35. The van der Waals surface area contributed by atoms with Crippen molar-refractivity contribution in [3.8, 4) is 0 Å². The van der Waals surface area contributed by atoms with Crippen molar-refractivity contribution in [3.63, 3.8) is 0 Å². The molecule has 0 atom stereocenters. The fourth-order valence-corrected chi connectivity index (χ4v) is 1.50. The van der Waals surface area contributed by atoms with Gasteiger partial charge >= 0.3 is 12.1 Å². The summed E-state index contributed by atoms with van der Waals surface area (Å²) in [6.07, 6.45) is -4.92. The van der Waals surface area contributed by atoms with Gasteiger partial charge in [0.2, 0.25) is 0 Å². The lowest BCUT2D eigenvalue weighted by atomic mass is 10.0. The molecule has 1 aromatic rings. The van der Waals surface area contributed by atoms with Crippen molar-refractivity contribution >= 4 is 11.7 Å². The van der Waals surface area contributed by atoms with Gasteiger partial charge in [-0.15, -0.1) is 0 Å². The molecule has 0 heterocycles. The van der Waals surface area contributed by atoms with Gasteiger partial charge in [0.25, 0.3) is 5.69 Å². The number of alkyl halides is 3. The maximum absolute atomic E-state index is 12.8. The molecule has 6 nitrogen and oxygen atoms in total. The zero-order valence-electron chi connectivity index (χ0n) is 10.0. The molecule has 0 saturated heterocycles. The van der Waals surface area contributed by atoms with E-state index in [0.717, 1.165) is 12.1 Å². The average Bonchev–Trinajstić information content (AvgIpc) is 2.33. The van der Waals surface area contributed by atoms with Crippen molar-refractivity contribution < 1.29 is 32.7 Å². The minimum atomic E-state index is -4.73. The number of nitro benzene ring substituents is 1. The van der Waals surface area contributed by atoms with Crippen LogP contribution in [0.5, 0.6) is 0 Å². The van der Waals surface area contributed by atoms with Crippen LogP contribution in [0, 0.1) is 10.1 Å². The highest BCUT2D eigenvalue weighted by molar-refractivity contribution is 5.67. The monoisotopic (exact) mass is 293 g/mol. The number of hydrogen-bond donors (Lipinski definition) is 1. The minimum absolute atomic E-state index is 0.187. The highest BCUT2D eigenvalue weighted by Crippen LogP contribution is 2.34. The summed E-state index contributed by atoms with van der Waals surface area (Å²) in [6.45, 7) is -0.846. The lowest BCUT2D eigenvalue weighted by molar-refractivity contribution is -0.385. The number of ether oxygens (including phenoxy) is 1. The van der Waals surface area contributed by atoms with Crippen molar-refractivity contribution in [1.82, 2.24) is 0 Å². The Hall–Kier alpha value is -2.16. The SMILES string of the molecule is O=C(O)COCCc1ccc([N+](=O)[O-])cc1C(F)(F)F. The van der Waals surface area contributed by atoms with Gasteiger partial charge in [-0.05, 0) is 12.0 Å². The predicted molar refractivity (Wildman–Crippen MR) is 60.3 cm³/mol. The number of carboxylic acid groups (broad SMARTS) is 1. The van der Waals surface area contributed by atoms with E-state index in [2.05, 4.69) is 4.74 Å². The molecule has 1 aromatic carbocycles. The van der Waals surface area contributed by atoms with E-state index in [1.54, 1.807) is 0 Å². The van der Waals surface area contributed by atoms with E-state index in [0.29, 0.717) is 6.07 Å². The second-order valence-electron chi connectivity index (χ2n) is 3.79. The first kappa shape index (κ1) is 15.9. The lowest BCUT2D eigenvalue weighted by Crippen LogP contribution is -2.13. The number of non-ortho nitro benzene ring substituents is 1. The van der Waals surface area contributed by atoms with Crippen LogP contribution >= 0.6 is 0 Å². The highest BCUT2D eigenvalue weighted by Gasteiger charge is 2.34. The fraction of sp³-hybridized carbons (Fsp3) is 0.364. The van der Waals surface area contributed by atoms with Crippen LogP contribution in [0.15, 0.2) is 18.2 Å². The molecule has 0 aliphatic carbocycles. The lowest BCUT2D eigenvalue weighted by Gasteiger charge is -2.12. The molecule has 1 N–H and O–H groups in total. The van der Waals surface area contributed by atoms with Gasteiger partial charge < -0.3 is 9.84 Å². The minimum Gasteiger partial charge on any atom is -0.480 e. The standard InChI is InChI=1S/C11H10F3NO5/c12-11(13,14)9-5-8(15(18)19)2-1-7(9)3-4-20-6-10(16)17/h1-2,5H,3-4,6H2,(H,16,17). The Morgan fingerprint density at radius 3 is 2.55 bits per heavy atom. The van der Waals surface area contributed by atoms with E-state index in [9.17, 15) is 28.1 Å². The van der Waals surface area contributed by atoms with Crippen LogP contribution < -0.4 is 0 Å². The molecule has 110 valence electrons. The van der Waals surface area contributed by atoms with Crippen molar-refractivity contribution in [3.05, 3.63) is 39.4 Å². The first-order valence-corrected chi connectivity index (χ1v) is 5.36. The van der Waals surface area contributed by atoms with E-state index in [1.807, 2.05) is 0 Å². The van der Waals surface area contributed by atoms with Gasteiger partial charge in [0.05, 0.1) is 17.1 Å². The predicted octanol–water partition coefficient (Wildman–Crippen LogP) is 2.26. The number of rotatable bonds is 6. The largest absolute Gasteiger partial charge is 0.480 e. The number of carboxylic acids is 1. The van der Waals surface area contributed by atoms with Crippen LogP contribution in [-0.2, 0) is 22.1 Å². The van der Waals surface area contributed by atoms with Crippen LogP contribution in [0.4, 0.5) is 18.9 Å². The third-order valence-electron chi connectivity index (χ3n) is 2.35. The number of benzene rings is 1. The van der Waals surface area contributed by atoms with Crippen LogP contribution in [0.3, 0.4) is 0 Å². The summed E-state index contributed by atoms with van der Waals surface area (Å²) in [7, 11) is 0. The maximum atomic E-state index is 12.8. The van der Waals surface area contributed by atoms with Crippen molar-refractivity contribution in [2.75, 3.05) is 13.2 Å². The Bertz CT molecular complexity index is 515. The summed E-state index contributed by atoms with van der Waals surface area (Å²) in [6, 6.07) is 2.40. The molecule has 0 fully saturated rings. The Balaban J connectivity index is 2.89. The summed E-state index contributed by atoms with van der Waals surface area (Å²) in [5, 5.41) is 18.8. The second kappa shape index (κ2) is 6.33. The topological polar surface area (TPSA) is 89.7 Å². The quantitative estimate of drug-likeness (QED) is 0.493. The maximum Gasteiger partial charge on any atom is 0.416 e. The van der Waals surface area contributed by atoms with Crippen LogP contribution in [0.2, 0.25) is 0 Å². The summed E-state index contributed by atoms with van der Waals surface area (Å²) in [4.78, 5) is 19.7. The highest BCUT2D eigenvalue weighted by atomic mass is 19.4. The summed E-state index contributed by atoms with van der Waals surface area (Å²) < 4.78 is 43.0. The van der Waals surface area contributed by atoms with Gasteiger partial charge in [0.1, 0.15) is 6.61 Å². The molecule has 0 aromatic heterocycles. The molecule has 0 bridgehead atoms. The van der Waals surface area contributed by atoms with Crippen molar-refractivity contribution in [2.24, 2.45) is 0 Å². The molecule has 1 rings (SSSR count). The zero-order chi connectivity index (χ0) is 15.3. The molecule has 0 aliphatic rings. The average molecular weight is 293 g/mol. The molecule has 0 amide bonds.